The number of halogens is 2. The summed E-state index contributed by atoms with van der Waals surface area (Å²) in [5, 5.41) is 3.89. The smallest absolute Gasteiger partial charge is 0.224 e. The number of anilines is 1. The van der Waals surface area contributed by atoms with Gasteiger partial charge in [0.25, 0.3) is 0 Å². The van der Waals surface area contributed by atoms with E-state index >= 15 is 0 Å². The van der Waals surface area contributed by atoms with Crippen LogP contribution in [0.2, 0.25) is 10.0 Å². The number of ether oxygens (including phenoxy) is 1. The molecule has 25 heavy (non-hydrogen) atoms. The highest BCUT2D eigenvalue weighted by Gasteiger charge is 2.11. The fourth-order valence-electron chi connectivity index (χ4n) is 2.74. The molecule has 3 rings (SSSR count). The third-order valence-corrected chi connectivity index (χ3v) is 4.89. The molecule has 0 aromatic heterocycles. The van der Waals surface area contributed by atoms with Crippen molar-refractivity contribution in [3.05, 3.63) is 63.6 Å². The van der Waals surface area contributed by atoms with Gasteiger partial charge in [-0.1, -0.05) is 41.4 Å². The van der Waals surface area contributed by atoms with E-state index in [0.29, 0.717) is 16.6 Å². The first kappa shape index (κ1) is 18.1. The fourth-order valence-corrected chi connectivity index (χ4v) is 3.06. The number of carbonyl (C=O) groups excluding carboxylic acids is 1. The lowest BCUT2D eigenvalue weighted by molar-refractivity contribution is -0.120. The van der Waals surface area contributed by atoms with Gasteiger partial charge in [0.1, 0.15) is 0 Å². The summed E-state index contributed by atoms with van der Waals surface area (Å²) in [6.07, 6.45) is 0.281. The maximum atomic E-state index is 12.1. The number of nitrogens with one attached hydrogen (secondary N) is 1. The van der Waals surface area contributed by atoms with Crippen molar-refractivity contribution in [2.45, 2.75) is 13.0 Å². The predicted octanol–water partition coefficient (Wildman–Crippen LogP) is 3.69. The van der Waals surface area contributed by atoms with Gasteiger partial charge in [-0.15, -0.1) is 0 Å². The van der Waals surface area contributed by atoms with Crippen molar-refractivity contribution in [1.29, 1.82) is 0 Å². The third-order valence-electron chi connectivity index (χ3n) is 4.15. The highest BCUT2D eigenvalue weighted by Crippen LogP contribution is 2.22. The molecule has 1 fully saturated rings. The molecule has 0 unspecified atom stereocenters. The minimum atomic E-state index is -0.0457. The average molecular weight is 379 g/mol. The highest BCUT2D eigenvalue weighted by atomic mass is 35.5. The van der Waals surface area contributed by atoms with Crippen LogP contribution in [-0.2, 0) is 22.5 Å². The number of morpholine rings is 1. The lowest BCUT2D eigenvalue weighted by Crippen LogP contribution is -2.36. The van der Waals surface area contributed by atoms with Gasteiger partial charge in [-0.05, 0) is 35.4 Å². The van der Waals surface area contributed by atoms with Gasteiger partial charge in [-0.3, -0.25) is 4.79 Å². The molecule has 4 nitrogen and oxygen atoms in total. The normalized spacial score (nSPS) is 14.4. The van der Waals surface area contributed by atoms with E-state index in [4.69, 9.17) is 27.9 Å². The van der Waals surface area contributed by atoms with Gasteiger partial charge in [-0.25, -0.2) is 0 Å². The van der Waals surface area contributed by atoms with Gasteiger partial charge in [0.05, 0.1) is 29.7 Å². The Morgan fingerprint density at radius 2 is 1.68 bits per heavy atom. The molecule has 0 atom stereocenters. The second kappa shape index (κ2) is 8.56. The molecule has 2 aromatic carbocycles. The Labute approximate surface area is 157 Å². The quantitative estimate of drug-likeness (QED) is 0.862. The first-order valence-electron chi connectivity index (χ1n) is 8.24. The zero-order chi connectivity index (χ0) is 17.6. The highest BCUT2D eigenvalue weighted by molar-refractivity contribution is 6.42. The minimum absolute atomic E-state index is 0.0457. The van der Waals surface area contributed by atoms with Gasteiger partial charge < -0.3 is 15.0 Å². The number of benzene rings is 2. The molecular formula is C19H20Cl2N2O2. The Morgan fingerprint density at radius 3 is 2.36 bits per heavy atom. The van der Waals surface area contributed by atoms with Gasteiger partial charge in [0.2, 0.25) is 5.91 Å². The number of nitrogens with zero attached hydrogens (tertiary/aromatic N) is 1. The van der Waals surface area contributed by atoms with E-state index in [0.717, 1.165) is 37.4 Å². The van der Waals surface area contributed by atoms with Crippen LogP contribution in [-0.4, -0.2) is 32.2 Å². The maximum Gasteiger partial charge on any atom is 0.224 e. The summed E-state index contributed by atoms with van der Waals surface area (Å²) in [7, 11) is 0. The molecule has 2 aromatic rings. The van der Waals surface area contributed by atoms with Crippen molar-refractivity contribution in [3.63, 3.8) is 0 Å². The van der Waals surface area contributed by atoms with Crippen LogP contribution in [0.15, 0.2) is 42.5 Å². The van der Waals surface area contributed by atoms with Crippen molar-refractivity contribution in [3.8, 4) is 0 Å². The Kier molecular flexibility index (Phi) is 6.19. The number of amides is 1. The van der Waals surface area contributed by atoms with Gasteiger partial charge in [0, 0.05) is 25.3 Å². The Morgan fingerprint density at radius 1 is 1.00 bits per heavy atom. The van der Waals surface area contributed by atoms with E-state index in [1.54, 1.807) is 12.1 Å². The summed E-state index contributed by atoms with van der Waals surface area (Å²) in [5.74, 6) is -0.0457. The SMILES string of the molecule is O=C(Cc1ccc(Cl)c(Cl)c1)NCc1ccc(N2CCOCC2)cc1. The minimum Gasteiger partial charge on any atom is -0.378 e. The molecule has 1 amide bonds. The van der Waals surface area contributed by atoms with Crippen LogP contribution in [0, 0.1) is 0 Å². The number of hydrogen-bond acceptors (Lipinski definition) is 3. The van der Waals surface area contributed by atoms with Gasteiger partial charge in [-0.2, -0.15) is 0 Å². The summed E-state index contributed by atoms with van der Waals surface area (Å²) in [6.45, 7) is 3.88. The van der Waals surface area contributed by atoms with Gasteiger partial charge >= 0.3 is 0 Å². The molecule has 1 aliphatic rings. The average Bonchev–Trinajstić information content (AvgIpc) is 2.64. The van der Waals surface area contributed by atoms with Crippen LogP contribution in [0.25, 0.3) is 0 Å². The molecule has 132 valence electrons. The van der Waals surface area contributed by atoms with Crippen LogP contribution in [0.4, 0.5) is 5.69 Å². The second-order valence-electron chi connectivity index (χ2n) is 5.97. The topological polar surface area (TPSA) is 41.6 Å². The molecule has 6 heteroatoms. The maximum absolute atomic E-state index is 12.1. The predicted molar refractivity (Wildman–Crippen MR) is 101 cm³/mol. The zero-order valence-electron chi connectivity index (χ0n) is 13.8. The van der Waals surface area contributed by atoms with Crippen LogP contribution < -0.4 is 10.2 Å². The molecule has 0 spiro atoms. The molecule has 1 heterocycles. The lowest BCUT2D eigenvalue weighted by Gasteiger charge is -2.28. The third kappa shape index (κ3) is 5.11. The first-order chi connectivity index (χ1) is 12.1. The Hall–Kier alpha value is -1.75. The molecular weight excluding hydrogens is 359 g/mol. The molecule has 0 saturated carbocycles. The summed E-state index contributed by atoms with van der Waals surface area (Å²) in [4.78, 5) is 14.4. The largest absolute Gasteiger partial charge is 0.378 e. The summed E-state index contributed by atoms with van der Waals surface area (Å²) < 4.78 is 5.37. The first-order valence-corrected chi connectivity index (χ1v) is 9.00. The standard InChI is InChI=1S/C19H20Cl2N2O2/c20-17-6-3-15(11-18(17)21)12-19(24)22-13-14-1-4-16(5-2-14)23-7-9-25-10-8-23/h1-6,11H,7-10,12-13H2,(H,22,24). The molecule has 0 aliphatic carbocycles. The van der Waals surface area contributed by atoms with Crippen molar-refractivity contribution in [1.82, 2.24) is 5.32 Å². The molecule has 0 radical (unpaired) electrons. The van der Waals surface area contributed by atoms with Crippen molar-refractivity contribution in [2.75, 3.05) is 31.2 Å². The van der Waals surface area contributed by atoms with Crippen molar-refractivity contribution in [2.24, 2.45) is 0 Å². The van der Waals surface area contributed by atoms with E-state index in [9.17, 15) is 4.79 Å². The van der Waals surface area contributed by atoms with E-state index in [-0.39, 0.29) is 12.3 Å². The van der Waals surface area contributed by atoms with Crippen LogP contribution in [0.5, 0.6) is 0 Å². The van der Waals surface area contributed by atoms with Gasteiger partial charge in [0.15, 0.2) is 0 Å². The van der Waals surface area contributed by atoms with E-state index < -0.39 is 0 Å². The fraction of sp³-hybridized carbons (Fsp3) is 0.316. The molecule has 1 saturated heterocycles. The number of carbonyl (C=O) groups is 1. The van der Waals surface area contributed by atoms with E-state index in [1.807, 2.05) is 18.2 Å². The second-order valence-corrected chi connectivity index (χ2v) is 6.78. The Bertz CT molecular complexity index is 729. The van der Waals surface area contributed by atoms with E-state index in [1.165, 1.54) is 5.69 Å². The summed E-state index contributed by atoms with van der Waals surface area (Å²) >= 11 is 11.9. The summed E-state index contributed by atoms with van der Waals surface area (Å²) in [6, 6.07) is 13.5. The van der Waals surface area contributed by atoms with E-state index in [2.05, 4.69) is 22.3 Å². The van der Waals surface area contributed by atoms with Crippen molar-refractivity contribution < 1.29 is 9.53 Å². The molecule has 0 bridgehead atoms. The zero-order valence-corrected chi connectivity index (χ0v) is 15.3. The van der Waals surface area contributed by atoms with Crippen LogP contribution in [0.1, 0.15) is 11.1 Å². The van der Waals surface area contributed by atoms with Crippen molar-refractivity contribution >= 4 is 34.8 Å². The summed E-state index contributed by atoms with van der Waals surface area (Å²) in [5.41, 5.74) is 3.10. The number of rotatable bonds is 5. The molecule has 1 aliphatic heterocycles. The molecule has 1 N–H and O–H groups in total. The number of hydrogen-bond donors (Lipinski definition) is 1. The van der Waals surface area contributed by atoms with Crippen LogP contribution in [0.3, 0.4) is 0 Å². The lowest BCUT2D eigenvalue weighted by atomic mass is 10.1. The van der Waals surface area contributed by atoms with Crippen LogP contribution >= 0.6 is 23.2 Å². The Balaban J connectivity index is 1.50. The monoisotopic (exact) mass is 378 g/mol.